The third kappa shape index (κ3) is 2.54. The maximum Gasteiger partial charge on any atom is 0.252 e. The zero-order valence-electron chi connectivity index (χ0n) is 11.7. The quantitative estimate of drug-likeness (QED) is 0.886. The van der Waals surface area contributed by atoms with Crippen molar-refractivity contribution in [2.24, 2.45) is 0 Å². The van der Waals surface area contributed by atoms with Gasteiger partial charge < -0.3 is 10.6 Å². The molecule has 1 aliphatic heterocycles. The molecule has 1 atom stereocenters. The standard InChI is InChI=1S/C17H13N3O2/c18-10-12-6-2-4-8-14(12)19-17(22)15-9-11-5-1-3-7-13(11)16(21)20-15/h1-8,15H,9H2,(H,19,22)(H,20,21). The number of amides is 2. The molecule has 1 aliphatic rings. The number of fused-ring (bicyclic) bond motifs is 1. The van der Waals surface area contributed by atoms with Gasteiger partial charge in [-0.3, -0.25) is 9.59 Å². The van der Waals surface area contributed by atoms with Gasteiger partial charge in [-0.1, -0.05) is 30.3 Å². The van der Waals surface area contributed by atoms with Crippen molar-refractivity contribution in [3.05, 3.63) is 65.2 Å². The minimum Gasteiger partial charge on any atom is -0.340 e. The van der Waals surface area contributed by atoms with Gasteiger partial charge in [-0.2, -0.15) is 5.26 Å². The molecule has 2 aromatic rings. The first-order valence-corrected chi connectivity index (χ1v) is 6.88. The largest absolute Gasteiger partial charge is 0.340 e. The van der Waals surface area contributed by atoms with E-state index in [1.165, 1.54) is 0 Å². The summed E-state index contributed by atoms with van der Waals surface area (Å²) < 4.78 is 0. The Balaban J connectivity index is 1.80. The number of nitrogens with one attached hydrogen (secondary N) is 2. The molecule has 0 saturated heterocycles. The molecule has 1 unspecified atom stereocenters. The van der Waals surface area contributed by atoms with E-state index >= 15 is 0 Å². The molecule has 0 spiro atoms. The van der Waals surface area contributed by atoms with Gasteiger partial charge in [0.05, 0.1) is 11.3 Å². The Kier molecular flexibility index (Phi) is 3.58. The normalized spacial score (nSPS) is 16.1. The minimum absolute atomic E-state index is 0.254. The maximum absolute atomic E-state index is 12.4. The number of anilines is 1. The van der Waals surface area contributed by atoms with Crippen LogP contribution in [0.5, 0.6) is 0 Å². The molecule has 0 radical (unpaired) electrons. The lowest BCUT2D eigenvalue weighted by Gasteiger charge is -2.24. The summed E-state index contributed by atoms with van der Waals surface area (Å²) in [6.07, 6.45) is 0.433. The number of carbonyl (C=O) groups excluding carboxylic acids is 2. The molecule has 22 heavy (non-hydrogen) atoms. The van der Waals surface area contributed by atoms with Crippen LogP contribution in [0.2, 0.25) is 0 Å². The Bertz CT molecular complexity index is 792. The van der Waals surface area contributed by atoms with Crippen LogP contribution >= 0.6 is 0 Å². The smallest absolute Gasteiger partial charge is 0.252 e. The molecule has 2 N–H and O–H groups in total. The van der Waals surface area contributed by atoms with Gasteiger partial charge in [0.15, 0.2) is 0 Å². The molecule has 5 heteroatoms. The first-order valence-electron chi connectivity index (χ1n) is 6.88. The lowest BCUT2D eigenvalue weighted by Crippen LogP contribution is -2.48. The van der Waals surface area contributed by atoms with E-state index in [1.807, 2.05) is 18.2 Å². The van der Waals surface area contributed by atoms with Crippen LogP contribution < -0.4 is 10.6 Å². The maximum atomic E-state index is 12.4. The molecular weight excluding hydrogens is 278 g/mol. The molecule has 108 valence electrons. The number of rotatable bonds is 2. The Hall–Kier alpha value is -3.13. The number of carbonyl (C=O) groups is 2. The molecule has 0 aromatic heterocycles. The van der Waals surface area contributed by atoms with Crippen molar-refractivity contribution in [2.45, 2.75) is 12.5 Å². The molecule has 0 aliphatic carbocycles. The summed E-state index contributed by atoms with van der Waals surface area (Å²) in [7, 11) is 0. The number of nitriles is 1. The van der Waals surface area contributed by atoms with Crippen LogP contribution in [0.3, 0.4) is 0 Å². The molecule has 0 bridgehead atoms. The first-order chi connectivity index (χ1) is 10.7. The lowest BCUT2D eigenvalue weighted by molar-refractivity contribution is -0.118. The van der Waals surface area contributed by atoms with E-state index in [-0.39, 0.29) is 11.8 Å². The summed E-state index contributed by atoms with van der Waals surface area (Å²) in [5, 5.41) is 14.4. The predicted octanol–water partition coefficient (Wildman–Crippen LogP) is 1.85. The summed E-state index contributed by atoms with van der Waals surface area (Å²) in [6.45, 7) is 0. The van der Waals surface area contributed by atoms with Crippen LogP contribution in [0.25, 0.3) is 0 Å². The zero-order chi connectivity index (χ0) is 15.5. The Morgan fingerprint density at radius 1 is 1.18 bits per heavy atom. The summed E-state index contributed by atoms with van der Waals surface area (Å²) in [4.78, 5) is 24.4. The summed E-state index contributed by atoms with van der Waals surface area (Å²) in [5.74, 6) is -0.582. The van der Waals surface area contributed by atoms with Crippen LogP contribution in [-0.4, -0.2) is 17.9 Å². The number of nitrogens with zero attached hydrogens (tertiary/aromatic N) is 1. The highest BCUT2D eigenvalue weighted by atomic mass is 16.2. The van der Waals surface area contributed by atoms with E-state index in [0.717, 1.165) is 5.56 Å². The molecule has 5 nitrogen and oxygen atoms in total. The zero-order valence-corrected chi connectivity index (χ0v) is 11.7. The number of hydrogen-bond donors (Lipinski definition) is 2. The fourth-order valence-electron chi connectivity index (χ4n) is 2.49. The predicted molar refractivity (Wildman–Crippen MR) is 81.2 cm³/mol. The monoisotopic (exact) mass is 291 g/mol. The Morgan fingerprint density at radius 2 is 1.91 bits per heavy atom. The second kappa shape index (κ2) is 5.70. The van der Waals surface area contributed by atoms with Crippen LogP contribution in [-0.2, 0) is 11.2 Å². The van der Waals surface area contributed by atoms with Crippen LogP contribution in [0.4, 0.5) is 5.69 Å². The summed E-state index contributed by atoms with van der Waals surface area (Å²) >= 11 is 0. The SMILES string of the molecule is N#Cc1ccccc1NC(=O)C1Cc2ccccc2C(=O)N1. The average molecular weight is 291 g/mol. The van der Waals surface area contributed by atoms with E-state index in [0.29, 0.717) is 23.2 Å². The fourth-order valence-corrected chi connectivity index (χ4v) is 2.49. The molecule has 2 aromatic carbocycles. The molecule has 1 heterocycles. The number of benzene rings is 2. The second-order valence-corrected chi connectivity index (χ2v) is 5.03. The van der Waals surface area contributed by atoms with Gasteiger partial charge in [0, 0.05) is 12.0 Å². The van der Waals surface area contributed by atoms with Crippen molar-refractivity contribution in [1.82, 2.24) is 5.32 Å². The van der Waals surface area contributed by atoms with Crippen molar-refractivity contribution >= 4 is 17.5 Å². The van der Waals surface area contributed by atoms with Gasteiger partial charge in [-0.05, 0) is 23.8 Å². The first kappa shape index (κ1) is 13.8. The van der Waals surface area contributed by atoms with Crippen molar-refractivity contribution < 1.29 is 9.59 Å². The third-order valence-electron chi connectivity index (χ3n) is 3.61. The van der Waals surface area contributed by atoms with Gasteiger partial charge in [0.1, 0.15) is 12.1 Å². The topological polar surface area (TPSA) is 82.0 Å². The molecule has 0 fully saturated rings. The van der Waals surface area contributed by atoms with Crippen molar-refractivity contribution in [1.29, 1.82) is 5.26 Å². The van der Waals surface area contributed by atoms with Crippen LogP contribution in [0.1, 0.15) is 21.5 Å². The molecular formula is C17H13N3O2. The van der Waals surface area contributed by atoms with Gasteiger partial charge in [-0.25, -0.2) is 0 Å². The molecule has 0 saturated carbocycles. The van der Waals surface area contributed by atoms with E-state index in [1.54, 1.807) is 36.4 Å². The highest BCUT2D eigenvalue weighted by Crippen LogP contribution is 2.19. The van der Waals surface area contributed by atoms with Gasteiger partial charge in [0.2, 0.25) is 5.91 Å². The van der Waals surface area contributed by atoms with Crippen LogP contribution in [0.15, 0.2) is 48.5 Å². The second-order valence-electron chi connectivity index (χ2n) is 5.03. The molecule has 3 rings (SSSR count). The fraction of sp³-hybridized carbons (Fsp3) is 0.118. The number of hydrogen-bond acceptors (Lipinski definition) is 3. The van der Waals surface area contributed by atoms with Crippen LogP contribution in [0, 0.1) is 11.3 Å². The summed E-state index contributed by atoms with van der Waals surface area (Å²) in [6, 6.07) is 15.4. The van der Waals surface area contributed by atoms with Crippen molar-refractivity contribution in [3.63, 3.8) is 0 Å². The van der Waals surface area contributed by atoms with Gasteiger partial charge in [0.25, 0.3) is 5.91 Å². The van der Waals surface area contributed by atoms with E-state index < -0.39 is 6.04 Å². The van der Waals surface area contributed by atoms with Gasteiger partial charge in [-0.15, -0.1) is 0 Å². The van der Waals surface area contributed by atoms with Gasteiger partial charge >= 0.3 is 0 Å². The Labute approximate surface area is 127 Å². The highest BCUT2D eigenvalue weighted by Gasteiger charge is 2.28. The number of para-hydroxylation sites is 1. The van der Waals surface area contributed by atoms with Crippen molar-refractivity contribution in [2.75, 3.05) is 5.32 Å². The van der Waals surface area contributed by atoms with Crippen molar-refractivity contribution in [3.8, 4) is 6.07 Å². The Morgan fingerprint density at radius 3 is 2.73 bits per heavy atom. The molecule has 2 amide bonds. The van der Waals surface area contributed by atoms with E-state index in [4.69, 9.17) is 5.26 Å². The highest BCUT2D eigenvalue weighted by molar-refractivity contribution is 6.04. The van der Waals surface area contributed by atoms with E-state index in [2.05, 4.69) is 10.6 Å². The lowest BCUT2D eigenvalue weighted by atomic mass is 9.95. The van der Waals surface area contributed by atoms with E-state index in [9.17, 15) is 9.59 Å². The summed E-state index contributed by atoms with van der Waals surface area (Å²) in [5.41, 5.74) is 2.28. The third-order valence-corrected chi connectivity index (χ3v) is 3.61. The average Bonchev–Trinajstić information content (AvgIpc) is 2.55. The minimum atomic E-state index is -0.644.